The third kappa shape index (κ3) is 3.61. The van der Waals surface area contributed by atoms with Gasteiger partial charge in [-0.05, 0) is 24.1 Å². The van der Waals surface area contributed by atoms with Crippen LogP contribution < -0.4 is 14.8 Å². The second-order valence-electron chi connectivity index (χ2n) is 6.00. The summed E-state index contributed by atoms with van der Waals surface area (Å²) in [5, 5.41) is 2.96. The van der Waals surface area contributed by atoms with E-state index in [-0.39, 0.29) is 12.5 Å². The lowest BCUT2D eigenvalue weighted by Crippen LogP contribution is -2.49. The van der Waals surface area contributed by atoms with E-state index in [1.807, 2.05) is 55.5 Å². The minimum Gasteiger partial charge on any atom is -0.485 e. The first-order chi connectivity index (χ1) is 12.2. The zero-order valence-corrected chi connectivity index (χ0v) is 14.5. The van der Waals surface area contributed by atoms with Crippen LogP contribution in [0.4, 0.5) is 0 Å². The Morgan fingerprint density at radius 3 is 2.52 bits per heavy atom. The zero-order chi connectivity index (χ0) is 17.7. The van der Waals surface area contributed by atoms with Crippen LogP contribution in [0.5, 0.6) is 11.5 Å². The molecule has 0 aliphatic carbocycles. The van der Waals surface area contributed by atoms with E-state index in [0.717, 1.165) is 12.0 Å². The molecule has 1 aliphatic heterocycles. The summed E-state index contributed by atoms with van der Waals surface area (Å²) in [4.78, 5) is 12.5. The number of ether oxygens (including phenoxy) is 3. The molecule has 2 atom stereocenters. The average molecular weight is 341 g/mol. The number of hydrogen-bond acceptors (Lipinski definition) is 4. The van der Waals surface area contributed by atoms with Crippen molar-refractivity contribution in [1.29, 1.82) is 0 Å². The molecule has 0 spiro atoms. The van der Waals surface area contributed by atoms with E-state index in [2.05, 4.69) is 5.32 Å². The maximum Gasteiger partial charge on any atom is 0.264 e. The van der Waals surface area contributed by atoms with Gasteiger partial charge in [-0.25, -0.2) is 0 Å². The highest BCUT2D eigenvalue weighted by molar-refractivity contribution is 5.81. The molecular weight excluding hydrogens is 318 g/mol. The monoisotopic (exact) mass is 341 g/mol. The van der Waals surface area contributed by atoms with Crippen LogP contribution in [-0.4, -0.2) is 32.3 Å². The Kier molecular flexibility index (Phi) is 5.24. The van der Waals surface area contributed by atoms with Crippen LogP contribution in [0.2, 0.25) is 0 Å². The number of fused-ring (bicyclic) bond motifs is 1. The number of methoxy groups -OCH3 is 1. The molecule has 25 heavy (non-hydrogen) atoms. The van der Waals surface area contributed by atoms with Gasteiger partial charge in [0.05, 0.1) is 6.54 Å². The SMILES string of the molecule is CCC(CNC(=O)C1COc2ccccc2O1)(OC)c1ccccc1. The van der Waals surface area contributed by atoms with E-state index >= 15 is 0 Å². The minimum absolute atomic E-state index is 0.195. The van der Waals surface area contributed by atoms with Crippen LogP contribution in [-0.2, 0) is 15.1 Å². The van der Waals surface area contributed by atoms with Crippen LogP contribution in [0.3, 0.4) is 0 Å². The van der Waals surface area contributed by atoms with Gasteiger partial charge in [-0.3, -0.25) is 4.79 Å². The lowest BCUT2D eigenvalue weighted by Gasteiger charge is -2.33. The van der Waals surface area contributed by atoms with Gasteiger partial charge in [0.2, 0.25) is 6.10 Å². The molecule has 2 unspecified atom stereocenters. The molecule has 2 aromatic carbocycles. The maximum absolute atomic E-state index is 12.5. The molecule has 5 heteroatoms. The molecule has 0 radical (unpaired) electrons. The highest BCUT2D eigenvalue weighted by Crippen LogP contribution is 2.31. The third-order valence-corrected chi connectivity index (χ3v) is 4.61. The molecular formula is C20H23NO4. The molecule has 0 fully saturated rings. The highest BCUT2D eigenvalue weighted by atomic mass is 16.6. The summed E-state index contributed by atoms with van der Waals surface area (Å²) >= 11 is 0. The fourth-order valence-electron chi connectivity index (χ4n) is 3.00. The number of rotatable bonds is 6. The van der Waals surface area contributed by atoms with Crippen molar-refractivity contribution < 1.29 is 19.0 Å². The second-order valence-corrected chi connectivity index (χ2v) is 6.00. The standard InChI is InChI=1S/C20H23NO4/c1-3-20(23-2,15-9-5-4-6-10-15)14-21-19(22)18-13-24-16-11-7-8-12-17(16)25-18/h4-12,18H,3,13-14H2,1-2H3,(H,21,22). The largest absolute Gasteiger partial charge is 0.485 e. The van der Waals surface area contributed by atoms with Gasteiger partial charge < -0.3 is 19.5 Å². The van der Waals surface area contributed by atoms with Crippen molar-refractivity contribution in [3.63, 3.8) is 0 Å². The van der Waals surface area contributed by atoms with Gasteiger partial charge in [0.25, 0.3) is 5.91 Å². The minimum atomic E-state index is -0.669. The summed E-state index contributed by atoms with van der Waals surface area (Å²) in [6.07, 6.45) is 0.0654. The summed E-state index contributed by atoms with van der Waals surface area (Å²) in [5.41, 5.74) is 0.469. The first-order valence-corrected chi connectivity index (χ1v) is 8.45. The van der Waals surface area contributed by atoms with Crippen molar-refractivity contribution in [2.75, 3.05) is 20.3 Å². The quantitative estimate of drug-likeness (QED) is 0.878. The molecule has 132 valence electrons. The number of nitrogens with one attached hydrogen (secondary N) is 1. The Balaban J connectivity index is 1.67. The van der Waals surface area contributed by atoms with E-state index in [4.69, 9.17) is 14.2 Å². The summed E-state index contributed by atoms with van der Waals surface area (Å²) in [7, 11) is 1.67. The van der Waals surface area contributed by atoms with E-state index in [9.17, 15) is 4.79 Å². The van der Waals surface area contributed by atoms with Crippen LogP contribution in [0.25, 0.3) is 0 Å². The number of carbonyl (C=O) groups is 1. The number of hydrogen-bond donors (Lipinski definition) is 1. The Bertz CT molecular complexity index is 713. The van der Waals surface area contributed by atoms with Crippen LogP contribution in [0.15, 0.2) is 54.6 Å². The molecule has 0 aromatic heterocycles. The van der Waals surface area contributed by atoms with Gasteiger partial charge >= 0.3 is 0 Å². The summed E-state index contributed by atoms with van der Waals surface area (Å²) < 4.78 is 17.1. The first-order valence-electron chi connectivity index (χ1n) is 8.45. The van der Waals surface area contributed by atoms with Gasteiger partial charge in [-0.1, -0.05) is 49.4 Å². The Hall–Kier alpha value is -2.53. The van der Waals surface area contributed by atoms with Crippen molar-refractivity contribution in [2.45, 2.75) is 25.0 Å². The summed E-state index contributed by atoms with van der Waals surface area (Å²) in [5.74, 6) is 1.04. The van der Waals surface area contributed by atoms with Crippen molar-refractivity contribution in [3.8, 4) is 11.5 Å². The molecule has 3 rings (SSSR count). The summed E-state index contributed by atoms with van der Waals surface area (Å²) in [6, 6.07) is 17.3. The fourth-order valence-corrected chi connectivity index (χ4v) is 3.00. The number of benzene rings is 2. The Morgan fingerprint density at radius 1 is 1.16 bits per heavy atom. The number of carbonyl (C=O) groups excluding carboxylic acids is 1. The molecule has 1 aliphatic rings. The van der Waals surface area contributed by atoms with E-state index in [0.29, 0.717) is 18.0 Å². The van der Waals surface area contributed by atoms with Crippen LogP contribution in [0.1, 0.15) is 18.9 Å². The normalized spacial score (nSPS) is 18.2. The van der Waals surface area contributed by atoms with Crippen molar-refractivity contribution in [2.24, 2.45) is 0 Å². The predicted molar refractivity (Wildman–Crippen MR) is 94.8 cm³/mol. The molecule has 1 N–H and O–H groups in total. The number of para-hydroxylation sites is 2. The lowest BCUT2D eigenvalue weighted by atomic mass is 9.90. The van der Waals surface area contributed by atoms with E-state index < -0.39 is 11.7 Å². The van der Waals surface area contributed by atoms with Crippen LogP contribution in [0, 0.1) is 0 Å². The van der Waals surface area contributed by atoms with Gasteiger partial charge in [0, 0.05) is 7.11 Å². The summed E-state index contributed by atoms with van der Waals surface area (Å²) in [6.45, 7) is 2.60. The first kappa shape index (κ1) is 17.3. The molecule has 2 aromatic rings. The van der Waals surface area contributed by atoms with E-state index in [1.165, 1.54) is 0 Å². The fraction of sp³-hybridized carbons (Fsp3) is 0.350. The van der Waals surface area contributed by atoms with Gasteiger partial charge in [-0.15, -0.1) is 0 Å². The van der Waals surface area contributed by atoms with Gasteiger partial charge in [-0.2, -0.15) is 0 Å². The molecule has 0 saturated carbocycles. The molecule has 0 saturated heterocycles. The smallest absolute Gasteiger partial charge is 0.264 e. The zero-order valence-electron chi connectivity index (χ0n) is 14.5. The Morgan fingerprint density at radius 2 is 1.84 bits per heavy atom. The molecule has 0 bridgehead atoms. The highest BCUT2D eigenvalue weighted by Gasteiger charge is 2.33. The van der Waals surface area contributed by atoms with Crippen molar-refractivity contribution >= 4 is 5.91 Å². The third-order valence-electron chi connectivity index (χ3n) is 4.61. The van der Waals surface area contributed by atoms with Crippen molar-refractivity contribution in [1.82, 2.24) is 5.32 Å². The lowest BCUT2D eigenvalue weighted by molar-refractivity contribution is -0.132. The van der Waals surface area contributed by atoms with Crippen molar-refractivity contribution in [3.05, 3.63) is 60.2 Å². The second kappa shape index (κ2) is 7.57. The van der Waals surface area contributed by atoms with Gasteiger partial charge in [0.1, 0.15) is 12.2 Å². The van der Waals surface area contributed by atoms with Gasteiger partial charge in [0.15, 0.2) is 11.5 Å². The topological polar surface area (TPSA) is 56.8 Å². The molecule has 1 amide bonds. The number of amides is 1. The molecule has 1 heterocycles. The predicted octanol–water partition coefficient (Wildman–Crippen LogP) is 2.89. The van der Waals surface area contributed by atoms with Crippen LogP contribution >= 0.6 is 0 Å². The maximum atomic E-state index is 12.5. The molecule has 5 nitrogen and oxygen atoms in total. The average Bonchev–Trinajstić information content (AvgIpc) is 2.69. The van der Waals surface area contributed by atoms with E-state index in [1.54, 1.807) is 13.2 Å². The Labute approximate surface area is 147 Å².